The van der Waals surface area contributed by atoms with Crippen LogP contribution in [0.4, 0.5) is 29.3 Å². The van der Waals surface area contributed by atoms with Gasteiger partial charge < -0.3 is 25.2 Å². The third-order valence-corrected chi connectivity index (χ3v) is 6.27. The fourth-order valence-corrected chi connectivity index (χ4v) is 4.29. The summed E-state index contributed by atoms with van der Waals surface area (Å²) in [4.78, 5) is 27.9. The minimum absolute atomic E-state index is 0.0987. The molecule has 0 unspecified atom stereocenters. The first kappa shape index (κ1) is 29.1. The van der Waals surface area contributed by atoms with Gasteiger partial charge in [-0.1, -0.05) is 0 Å². The molecular weight excluding hydrogens is 500 g/mol. The van der Waals surface area contributed by atoms with E-state index in [1.807, 2.05) is 4.90 Å². The summed E-state index contributed by atoms with van der Waals surface area (Å²) in [6.07, 6.45) is 6.24. The summed E-state index contributed by atoms with van der Waals surface area (Å²) >= 11 is 0. The van der Waals surface area contributed by atoms with Gasteiger partial charge in [-0.2, -0.15) is 22.5 Å². The van der Waals surface area contributed by atoms with E-state index in [0.29, 0.717) is 38.9 Å². The minimum Gasteiger partial charge on any atom is -0.393 e. The van der Waals surface area contributed by atoms with Gasteiger partial charge in [0, 0.05) is 44.1 Å². The van der Waals surface area contributed by atoms with E-state index in [0.717, 1.165) is 12.8 Å². The third kappa shape index (κ3) is 10.1. The van der Waals surface area contributed by atoms with E-state index in [9.17, 15) is 27.5 Å². The van der Waals surface area contributed by atoms with Gasteiger partial charge in [0.2, 0.25) is 5.95 Å². The summed E-state index contributed by atoms with van der Waals surface area (Å²) in [5, 5.41) is 15.5. The number of aliphatic hydroxyl groups is 1. The van der Waals surface area contributed by atoms with Crippen molar-refractivity contribution >= 4 is 23.9 Å². The van der Waals surface area contributed by atoms with E-state index < -0.39 is 25.2 Å². The molecule has 1 aliphatic heterocycles. The average molecular weight is 535 g/mol. The zero-order valence-electron chi connectivity index (χ0n) is 20.7. The maximum Gasteiger partial charge on any atom is 0.345 e. The van der Waals surface area contributed by atoms with Crippen LogP contribution in [0.3, 0.4) is 0 Å². The lowest BCUT2D eigenvalue weighted by Crippen LogP contribution is -2.38. The molecule has 10 nitrogen and oxygen atoms in total. The molecule has 3 N–H and O–H groups in total. The number of aromatic nitrogens is 2. The Morgan fingerprint density at radius 3 is 2.65 bits per heavy atom. The smallest absolute Gasteiger partial charge is 0.345 e. The first-order valence-corrected chi connectivity index (χ1v) is 12.4. The van der Waals surface area contributed by atoms with E-state index in [2.05, 4.69) is 35.1 Å². The van der Waals surface area contributed by atoms with Crippen molar-refractivity contribution in [1.29, 1.82) is 0 Å². The van der Waals surface area contributed by atoms with Crippen molar-refractivity contribution in [3.05, 3.63) is 11.8 Å². The Bertz CT molecular complexity index is 889. The summed E-state index contributed by atoms with van der Waals surface area (Å²) in [7, 11) is 0. The van der Waals surface area contributed by atoms with Crippen LogP contribution < -0.4 is 10.6 Å². The Hall–Kier alpha value is -2.42. The predicted octanol–water partition coefficient (Wildman–Crippen LogP) is 2.81. The van der Waals surface area contributed by atoms with Gasteiger partial charge in [0.15, 0.2) is 5.82 Å². The number of carbonyl (C=O) groups is 1. The fourth-order valence-electron chi connectivity index (χ4n) is 4.29. The molecule has 2 atom stereocenters. The highest BCUT2D eigenvalue weighted by Gasteiger charge is 2.26. The standard InChI is InChI=1S/C23H34F4N6O4/c1-14(13-37-22(26)27)30-23-29-11-18(19(32-23)28-10-15-2-4-17(34)5-3-15)20(35)31-16-6-7-33(12-16)8-9-36-21(24)25/h10-11,14-17,21-22,34H,2-9,12-13H2,1H3,(H,31,35)(H,29,30,32)/b28-10-/t14-,15?,16-,17?/m0/s1. The Balaban J connectivity index is 1.66. The molecule has 0 bridgehead atoms. The lowest BCUT2D eigenvalue weighted by atomic mass is 9.88. The number of carbonyl (C=O) groups excluding carboxylic acids is 1. The zero-order valence-corrected chi connectivity index (χ0v) is 20.7. The van der Waals surface area contributed by atoms with Crippen molar-refractivity contribution in [3.8, 4) is 0 Å². The quantitative estimate of drug-likeness (QED) is 0.261. The van der Waals surface area contributed by atoms with E-state index in [-0.39, 0.29) is 48.6 Å². The molecule has 2 heterocycles. The van der Waals surface area contributed by atoms with Crippen molar-refractivity contribution in [2.45, 2.75) is 70.4 Å². The van der Waals surface area contributed by atoms with Crippen LogP contribution >= 0.6 is 0 Å². The van der Waals surface area contributed by atoms with Gasteiger partial charge in [-0.25, -0.2) is 9.98 Å². The van der Waals surface area contributed by atoms with Crippen LogP contribution in [-0.2, 0) is 9.47 Å². The molecule has 208 valence electrons. The number of nitrogens with one attached hydrogen (secondary N) is 2. The number of hydrogen-bond acceptors (Lipinski definition) is 9. The second kappa shape index (κ2) is 14.5. The first-order chi connectivity index (χ1) is 17.7. The molecule has 1 amide bonds. The maximum atomic E-state index is 13.1. The Labute approximate surface area is 212 Å². The number of aliphatic hydroxyl groups excluding tert-OH is 1. The van der Waals surface area contributed by atoms with Crippen molar-refractivity contribution in [3.63, 3.8) is 0 Å². The molecule has 1 aliphatic carbocycles. The average Bonchev–Trinajstić information content (AvgIpc) is 3.29. The van der Waals surface area contributed by atoms with Crippen LogP contribution in [0.2, 0.25) is 0 Å². The van der Waals surface area contributed by atoms with Crippen LogP contribution in [0.25, 0.3) is 0 Å². The highest BCUT2D eigenvalue weighted by molar-refractivity contribution is 5.98. The Kier molecular flexibility index (Phi) is 11.4. The van der Waals surface area contributed by atoms with Crippen LogP contribution in [0.1, 0.15) is 49.4 Å². The van der Waals surface area contributed by atoms with Crippen molar-refractivity contribution in [2.24, 2.45) is 10.9 Å². The number of aliphatic imine (C=N–C) groups is 1. The largest absolute Gasteiger partial charge is 0.393 e. The number of hydrogen-bond donors (Lipinski definition) is 3. The Morgan fingerprint density at radius 2 is 1.95 bits per heavy atom. The van der Waals surface area contributed by atoms with E-state index >= 15 is 0 Å². The van der Waals surface area contributed by atoms with Gasteiger partial charge in [-0.3, -0.25) is 9.69 Å². The van der Waals surface area contributed by atoms with Gasteiger partial charge in [-0.05, 0) is 44.9 Å². The topological polar surface area (TPSA) is 121 Å². The van der Waals surface area contributed by atoms with Crippen LogP contribution in [0.5, 0.6) is 0 Å². The number of anilines is 1. The Morgan fingerprint density at radius 1 is 1.22 bits per heavy atom. The molecule has 14 heteroatoms. The summed E-state index contributed by atoms with van der Waals surface area (Å²) in [5.74, 6) is -0.0621. The van der Waals surface area contributed by atoms with E-state index in [1.165, 1.54) is 6.20 Å². The number of likely N-dealkylation sites (tertiary alicyclic amines) is 1. The van der Waals surface area contributed by atoms with E-state index in [4.69, 9.17) is 0 Å². The van der Waals surface area contributed by atoms with Crippen LogP contribution in [0.15, 0.2) is 11.2 Å². The summed E-state index contributed by atoms with van der Waals surface area (Å²) in [6.45, 7) is -3.00. The molecule has 2 aliphatic rings. The molecule has 1 saturated carbocycles. The number of amides is 1. The molecule has 0 spiro atoms. The molecule has 3 rings (SSSR count). The molecule has 0 radical (unpaired) electrons. The summed E-state index contributed by atoms with van der Waals surface area (Å²) < 4.78 is 57.6. The molecule has 1 aromatic rings. The van der Waals surface area contributed by atoms with Crippen molar-refractivity contribution in [2.75, 3.05) is 38.2 Å². The molecular formula is C23H34F4N6O4. The van der Waals surface area contributed by atoms with Crippen molar-refractivity contribution in [1.82, 2.24) is 20.2 Å². The zero-order chi connectivity index (χ0) is 26.8. The molecule has 2 fully saturated rings. The van der Waals surface area contributed by atoms with Gasteiger partial charge in [0.05, 0.1) is 19.3 Å². The molecule has 37 heavy (non-hydrogen) atoms. The highest BCUT2D eigenvalue weighted by Crippen LogP contribution is 2.25. The summed E-state index contributed by atoms with van der Waals surface area (Å²) in [6, 6.07) is -0.719. The van der Waals surface area contributed by atoms with Gasteiger partial charge >= 0.3 is 13.2 Å². The van der Waals surface area contributed by atoms with Gasteiger partial charge in [0.25, 0.3) is 5.91 Å². The van der Waals surface area contributed by atoms with Crippen LogP contribution in [0, 0.1) is 5.92 Å². The van der Waals surface area contributed by atoms with E-state index in [1.54, 1.807) is 13.1 Å². The fraction of sp³-hybridized carbons (Fsp3) is 0.739. The van der Waals surface area contributed by atoms with Gasteiger partial charge in [0.1, 0.15) is 5.56 Å². The third-order valence-electron chi connectivity index (χ3n) is 6.27. The predicted molar refractivity (Wildman–Crippen MR) is 127 cm³/mol. The lowest BCUT2D eigenvalue weighted by molar-refractivity contribution is -0.131. The molecule has 1 saturated heterocycles. The first-order valence-electron chi connectivity index (χ1n) is 12.4. The monoisotopic (exact) mass is 534 g/mol. The normalized spacial score (nSPS) is 23.7. The molecule has 1 aromatic heterocycles. The minimum atomic E-state index is -2.89. The maximum absolute atomic E-state index is 13.1. The molecule has 0 aromatic carbocycles. The van der Waals surface area contributed by atoms with Gasteiger partial charge in [-0.15, -0.1) is 0 Å². The summed E-state index contributed by atoms with van der Waals surface area (Å²) in [5.41, 5.74) is 0.147. The number of halogens is 4. The number of ether oxygens (including phenoxy) is 2. The second-order valence-electron chi connectivity index (χ2n) is 9.31. The SMILES string of the molecule is C[C@@H](COC(F)F)Nc1ncc(C(=O)N[C@H]2CCN(CCOC(F)F)C2)c(/N=C\C2CCC(O)CC2)n1. The highest BCUT2D eigenvalue weighted by atomic mass is 19.3. The van der Waals surface area contributed by atoms with Crippen molar-refractivity contribution < 1.29 is 36.9 Å². The lowest BCUT2D eigenvalue weighted by Gasteiger charge is -2.22. The number of rotatable bonds is 13. The second-order valence-corrected chi connectivity index (χ2v) is 9.31. The van der Waals surface area contributed by atoms with Crippen LogP contribution in [-0.4, -0.2) is 96.4 Å². The number of alkyl halides is 4. The number of nitrogens with zero attached hydrogens (tertiary/aromatic N) is 4.